The van der Waals surface area contributed by atoms with E-state index in [1.54, 1.807) is 19.4 Å². The average molecular weight is 527 g/mol. The van der Waals surface area contributed by atoms with Gasteiger partial charge in [-0.1, -0.05) is 60.1 Å². The SMILES string of the molecule is CC(=O)O[C@H]1CC[C@@]2(C)[C@H](CC[C@@]3(C)CC4=CC[C@H]5C(C)(C)[C@H](OC(C)=O)CC[C@]5(C)[C@H]4CC[C@@H]32)C1(C)C. The van der Waals surface area contributed by atoms with E-state index in [0.717, 1.165) is 25.7 Å². The first-order valence-corrected chi connectivity index (χ1v) is 15.6. The third kappa shape index (κ3) is 4.12. The molecule has 0 aromatic carbocycles. The highest BCUT2D eigenvalue weighted by Crippen LogP contribution is 2.70. The van der Waals surface area contributed by atoms with Gasteiger partial charge in [0.25, 0.3) is 0 Å². The molecule has 38 heavy (non-hydrogen) atoms. The quantitative estimate of drug-likeness (QED) is 0.268. The lowest BCUT2D eigenvalue weighted by Crippen LogP contribution is -2.59. The molecule has 0 spiro atoms. The van der Waals surface area contributed by atoms with Crippen LogP contribution in [0.4, 0.5) is 0 Å². The summed E-state index contributed by atoms with van der Waals surface area (Å²) in [5.41, 5.74) is 2.62. The van der Waals surface area contributed by atoms with Gasteiger partial charge < -0.3 is 9.47 Å². The van der Waals surface area contributed by atoms with Gasteiger partial charge in [0.05, 0.1) is 0 Å². The van der Waals surface area contributed by atoms with Gasteiger partial charge >= 0.3 is 11.9 Å². The molecular formula is C34H54O4. The lowest BCUT2D eigenvalue weighted by atomic mass is 9.42. The Labute approximate surface area is 232 Å². The Morgan fingerprint density at radius 1 is 0.684 bits per heavy atom. The van der Waals surface area contributed by atoms with Gasteiger partial charge in [0.15, 0.2) is 0 Å². The number of rotatable bonds is 2. The van der Waals surface area contributed by atoms with Crippen LogP contribution in [0, 0.1) is 50.7 Å². The summed E-state index contributed by atoms with van der Waals surface area (Å²) in [4.78, 5) is 23.8. The van der Waals surface area contributed by atoms with Crippen LogP contribution in [0.5, 0.6) is 0 Å². The molecule has 0 aliphatic heterocycles. The summed E-state index contributed by atoms with van der Waals surface area (Å²) in [6, 6.07) is 0. The van der Waals surface area contributed by atoms with Crippen LogP contribution < -0.4 is 0 Å². The van der Waals surface area contributed by atoms with Crippen molar-refractivity contribution in [2.75, 3.05) is 0 Å². The number of hydrogen-bond acceptors (Lipinski definition) is 4. The molecule has 9 atom stereocenters. The van der Waals surface area contributed by atoms with Gasteiger partial charge in [-0.25, -0.2) is 0 Å². The maximum Gasteiger partial charge on any atom is 0.302 e. The number of fused-ring (bicyclic) bond motifs is 6. The van der Waals surface area contributed by atoms with Crippen LogP contribution in [0.25, 0.3) is 0 Å². The van der Waals surface area contributed by atoms with Crippen LogP contribution in [-0.2, 0) is 19.1 Å². The van der Waals surface area contributed by atoms with E-state index in [-0.39, 0.29) is 45.8 Å². The zero-order chi connectivity index (χ0) is 27.9. The minimum atomic E-state index is -0.140. The molecule has 5 rings (SSSR count). The van der Waals surface area contributed by atoms with E-state index in [1.165, 1.54) is 38.5 Å². The van der Waals surface area contributed by atoms with E-state index in [9.17, 15) is 9.59 Å². The van der Waals surface area contributed by atoms with Crippen molar-refractivity contribution < 1.29 is 19.1 Å². The first-order valence-electron chi connectivity index (χ1n) is 15.6. The lowest BCUT2D eigenvalue weighted by Gasteiger charge is -2.64. The van der Waals surface area contributed by atoms with Crippen LogP contribution in [0.15, 0.2) is 11.6 Å². The Bertz CT molecular complexity index is 1010. The van der Waals surface area contributed by atoms with Crippen molar-refractivity contribution in [2.45, 2.75) is 139 Å². The molecule has 5 aliphatic carbocycles. The molecule has 5 aliphatic rings. The second-order valence-electron chi connectivity index (χ2n) is 16.1. The molecule has 0 saturated heterocycles. The summed E-state index contributed by atoms with van der Waals surface area (Å²) < 4.78 is 11.8. The Hall–Kier alpha value is -1.32. The number of carbonyl (C=O) groups is 2. The molecule has 0 aromatic rings. The Kier molecular flexibility index (Phi) is 6.76. The fraction of sp³-hybridized carbons (Fsp3) is 0.882. The zero-order valence-electron chi connectivity index (χ0n) is 25.7. The standard InChI is InChI=1S/C34H54O4/c1-21(35)37-28-15-18-33(8)24-11-13-27-32(7,20-23(24)10-12-25(33)30(28,3)4)17-14-26-31(5,6)29(38-22(2)36)16-19-34(26,27)9/h10,24-29H,11-20H2,1-9H3/t24-,25-,26+,27-,28+,29-,32-,33+,34-/m0/s1. The summed E-state index contributed by atoms with van der Waals surface area (Å²) >= 11 is 0. The van der Waals surface area contributed by atoms with Crippen molar-refractivity contribution in [2.24, 2.45) is 50.7 Å². The summed E-state index contributed by atoms with van der Waals surface area (Å²) in [7, 11) is 0. The van der Waals surface area contributed by atoms with Crippen molar-refractivity contribution >= 4 is 11.9 Å². The smallest absolute Gasteiger partial charge is 0.302 e. The molecule has 4 nitrogen and oxygen atoms in total. The van der Waals surface area contributed by atoms with E-state index < -0.39 is 0 Å². The number of carbonyl (C=O) groups excluding carboxylic acids is 2. The van der Waals surface area contributed by atoms with Crippen LogP contribution in [0.3, 0.4) is 0 Å². The summed E-state index contributed by atoms with van der Waals surface area (Å²) in [6.45, 7) is 20.4. The highest BCUT2D eigenvalue weighted by atomic mass is 16.5. The molecule has 0 radical (unpaired) electrons. The molecule has 0 amide bonds. The lowest BCUT2D eigenvalue weighted by molar-refractivity contribution is -0.192. The van der Waals surface area contributed by atoms with Gasteiger partial charge in [0, 0.05) is 24.7 Å². The monoisotopic (exact) mass is 526 g/mol. The predicted molar refractivity (Wildman–Crippen MR) is 151 cm³/mol. The average Bonchev–Trinajstić information content (AvgIpc) is 2.94. The van der Waals surface area contributed by atoms with Crippen molar-refractivity contribution in [3.8, 4) is 0 Å². The van der Waals surface area contributed by atoms with E-state index in [0.29, 0.717) is 29.1 Å². The summed E-state index contributed by atoms with van der Waals surface area (Å²) in [6.07, 6.45) is 14.4. The fourth-order valence-electron chi connectivity index (χ4n) is 11.7. The third-order valence-corrected chi connectivity index (χ3v) is 13.4. The van der Waals surface area contributed by atoms with E-state index >= 15 is 0 Å². The predicted octanol–water partition coefficient (Wildman–Crippen LogP) is 8.28. The Morgan fingerprint density at radius 3 is 1.82 bits per heavy atom. The van der Waals surface area contributed by atoms with Crippen LogP contribution in [-0.4, -0.2) is 24.1 Å². The summed E-state index contributed by atoms with van der Waals surface area (Å²) in [5.74, 6) is 2.18. The second kappa shape index (κ2) is 9.10. The molecular weight excluding hydrogens is 472 g/mol. The molecule has 214 valence electrons. The van der Waals surface area contributed by atoms with Crippen molar-refractivity contribution in [3.63, 3.8) is 0 Å². The topological polar surface area (TPSA) is 52.6 Å². The van der Waals surface area contributed by atoms with Gasteiger partial charge in [-0.15, -0.1) is 0 Å². The molecule has 4 heteroatoms. The molecule has 0 N–H and O–H groups in total. The van der Waals surface area contributed by atoms with E-state index in [4.69, 9.17) is 9.47 Å². The second-order valence-corrected chi connectivity index (χ2v) is 16.1. The fourth-order valence-corrected chi connectivity index (χ4v) is 11.7. The Morgan fingerprint density at radius 2 is 1.24 bits per heavy atom. The van der Waals surface area contributed by atoms with Crippen LogP contribution in [0.1, 0.15) is 127 Å². The van der Waals surface area contributed by atoms with Gasteiger partial charge in [0.1, 0.15) is 12.2 Å². The number of esters is 2. The third-order valence-electron chi connectivity index (χ3n) is 13.4. The van der Waals surface area contributed by atoms with Gasteiger partial charge in [0.2, 0.25) is 0 Å². The molecule has 0 unspecified atom stereocenters. The number of allylic oxidation sites excluding steroid dienone is 2. The molecule has 4 fully saturated rings. The van der Waals surface area contributed by atoms with Gasteiger partial charge in [-0.3, -0.25) is 9.59 Å². The summed E-state index contributed by atoms with van der Waals surface area (Å²) in [5, 5.41) is 0. The number of hydrogen-bond donors (Lipinski definition) is 0. The molecule has 0 heterocycles. The minimum Gasteiger partial charge on any atom is -0.462 e. The van der Waals surface area contributed by atoms with Crippen molar-refractivity contribution in [1.82, 2.24) is 0 Å². The first kappa shape index (κ1) is 28.2. The zero-order valence-corrected chi connectivity index (χ0v) is 25.7. The normalized spacial score (nSPS) is 47.1. The van der Waals surface area contributed by atoms with E-state index in [2.05, 4.69) is 54.5 Å². The largest absolute Gasteiger partial charge is 0.462 e. The van der Waals surface area contributed by atoms with Gasteiger partial charge in [-0.2, -0.15) is 0 Å². The molecule has 4 saturated carbocycles. The highest BCUT2D eigenvalue weighted by molar-refractivity contribution is 5.66. The maximum atomic E-state index is 11.9. The highest BCUT2D eigenvalue weighted by Gasteiger charge is 2.63. The van der Waals surface area contributed by atoms with Gasteiger partial charge in [-0.05, 0) is 104 Å². The van der Waals surface area contributed by atoms with Crippen molar-refractivity contribution in [3.05, 3.63) is 11.6 Å². The molecule has 0 bridgehead atoms. The Balaban J connectivity index is 1.44. The van der Waals surface area contributed by atoms with Crippen LogP contribution >= 0.6 is 0 Å². The van der Waals surface area contributed by atoms with Crippen LogP contribution in [0.2, 0.25) is 0 Å². The number of ether oxygens (including phenoxy) is 2. The first-order chi connectivity index (χ1) is 17.6. The van der Waals surface area contributed by atoms with Crippen molar-refractivity contribution in [1.29, 1.82) is 0 Å². The maximum absolute atomic E-state index is 11.9. The molecule has 0 aromatic heterocycles. The minimum absolute atomic E-state index is 0.00846. The van der Waals surface area contributed by atoms with E-state index in [1.807, 2.05) is 0 Å².